The summed E-state index contributed by atoms with van der Waals surface area (Å²) in [6, 6.07) is 6.93. The molecule has 1 aliphatic carbocycles. The maximum Gasteiger partial charge on any atom is 0.123 e. The second kappa shape index (κ2) is 5.98. The highest BCUT2D eigenvalue weighted by atomic mass is 16.5. The zero-order chi connectivity index (χ0) is 14.9. The molecule has 21 heavy (non-hydrogen) atoms. The molecule has 2 aliphatic rings. The minimum absolute atomic E-state index is 0.225. The van der Waals surface area contributed by atoms with Crippen molar-refractivity contribution in [1.82, 2.24) is 4.90 Å². The Bertz CT molecular complexity index is 488. The molecule has 0 bridgehead atoms. The predicted octanol–water partition coefficient (Wildman–Crippen LogP) is 3.06. The topological polar surface area (TPSA) is 38.5 Å². The van der Waals surface area contributed by atoms with E-state index in [1.54, 1.807) is 7.11 Å². The first kappa shape index (κ1) is 14.9. The van der Waals surface area contributed by atoms with Crippen molar-refractivity contribution in [2.45, 2.75) is 57.0 Å². The summed E-state index contributed by atoms with van der Waals surface area (Å²) in [4.78, 5) is 2.55. The number of likely N-dealkylation sites (tertiary alicyclic amines) is 1. The molecule has 3 rings (SSSR count). The van der Waals surface area contributed by atoms with E-state index in [1.807, 2.05) is 0 Å². The highest BCUT2D eigenvalue weighted by Gasteiger charge is 2.47. The first-order chi connectivity index (χ1) is 10.2. The van der Waals surface area contributed by atoms with Crippen LogP contribution in [0.5, 0.6) is 5.75 Å². The van der Waals surface area contributed by atoms with Crippen molar-refractivity contribution in [1.29, 1.82) is 0 Å². The van der Waals surface area contributed by atoms with E-state index >= 15 is 0 Å². The lowest BCUT2D eigenvalue weighted by molar-refractivity contribution is 0.218. The number of benzene rings is 1. The molecule has 1 saturated carbocycles. The Labute approximate surface area is 128 Å². The zero-order valence-electron chi connectivity index (χ0n) is 13.4. The molecule has 1 atom stereocenters. The molecule has 3 nitrogen and oxygen atoms in total. The second-order valence-corrected chi connectivity index (χ2v) is 6.81. The fourth-order valence-electron chi connectivity index (χ4n) is 3.71. The largest absolute Gasteiger partial charge is 0.496 e. The van der Waals surface area contributed by atoms with Crippen LogP contribution in [-0.4, -0.2) is 31.1 Å². The van der Waals surface area contributed by atoms with Crippen molar-refractivity contribution >= 4 is 0 Å². The van der Waals surface area contributed by atoms with E-state index in [2.05, 4.69) is 30.0 Å². The van der Waals surface area contributed by atoms with Crippen LogP contribution in [0, 0.1) is 0 Å². The summed E-state index contributed by atoms with van der Waals surface area (Å²) in [5.74, 6) is 1.02. The minimum Gasteiger partial charge on any atom is -0.496 e. The molecule has 1 unspecified atom stereocenters. The fraction of sp³-hybridized carbons (Fsp3) is 0.667. The van der Waals surface area contributed by atoms with E-state index in [4.69, 9.17) is 10.5 Å². The lowest BCUT2D eigenvalue weighted by Crippen LogP contribution is -2.32. The zero-order valence-corrected chi connectivity index (χ0v) is 13.4. The van der Waals surface area contributed by atoms with E-state index in [-0.39, 0.29) is 11.5 Å². The third-order valence-electron chi connectivity index (χ3n) is 5.36. The number of nitrogens with zero attached hydrogens (tertiary/aromatic N) is 1. The lowest BCUT2D eigenvalue weighted by Gasteiger charge is -2.28. The SMILES string of the molecule is COc1ccc(C2(C(C)N)CC2)cc1CN1CCCCC1. The Morgan fingerprint density at radius 3 is 2.52 bits per heavy atom. The van der Waals surface area contributed by atoms with Crippen molar-refractivity contribution in [3.8, 4) is 5.75 Å². The van der Waals surface area contributed by atoms with Crippen LogP contribution in [-0.2, 0) is 12.0 Å². The maximum atomic E-state index is 6.23. The molecule has 1 aromatic carbocycles. The van der Waals surface area contributed by atoms with Gasteiger partial charge in [0.15, 0.2) is 0 Å². The number of piperidine rings is 1. The Balaban J connectivity index is 1.83. The molecule has 2 N–H and O–H groups in total. The molecule has 1 aliphatic heterocycles. The standard InChI is InChI=1S/C18H28N2O/c1-14(19)18(8-9-18)16-6-7-17(21-2)15(12-16)13-20-10-4-3-5-11-20/h6-7,12,14H,3-5,8-11,13,19H2,1-2H3. The Morgan fingerprint density at radius 2 is 1.95 bits per heavy atom. The predicted molar refractivity (Wildman–Crippen MR) is 86.7 cm³/mol. The van der Waals surface area contributed by atoms with Gasteiger partial charge in [-0.05, 0) is 57.3 Å². The van der Waals surface area contributed by atoms with Crippen LogP contribution in [0.15, 0.2) is 18.2 Å². The average Bonchev–Trinajstić information content (AvgIpc) is 3.30. The molecule has 3 heteroatoms. The highest BCUT2D eigenvalue weighted by molar-refractivity contribution is 5.43. The van der Waals surface area contributed by atoms with Crippen LogP contribution in [0.3, 0.4) is 0 Å². The Hall–Kier alpha value is -1.06. The average molecular weight is 288 g/mol. The lowest BCUT2D eigenvalue weighted by atomic mass is 9.88. The molecule has 0 radical (unpaired) electrons. The summed E-state index contributed by atoms with van der Waals surface area (Å²) >= 11 is 0. The number of ether oxygens (including phenoxy) is 1. The molecule has 0 spiro atoms. The molecule has 0 aromatic heterocycles. The number of hydrogen-bond donors (Lipinski definition) is 1. The number of methoxy groups -OCH3 is 1. The van der Waals surface area contributed by atoms with Crippen LogP contribution in [0.1, 0.15) is 50.2 Å². The van der Waals surface area contributed by atoms with Gasteiger partial charge in [0.05, 0.1) is 7.11 Å². The Morgan fingerprint density at radius 1 is 1.24 bits per heavy atom. The third kappa shape index (κ3) is 2.95. The van der Waals surface area contributed by atoms with Crippen molar-refractivity contribution in [2.24, 2.45) is 5.73 Å². The molecule has 116 valence electrons. The molecule has 2 fully saturated rings. The Kier molecular flexibility index (Phi) is 4.23. The van der Waals surface area contributed by atoms with E-state index in [0.717, 1.165) is 12.3 Å². The number of nitrogens with two attached hydrogens (primary N) is 1. The van der Waals surface area contributed by atoms with Crippen LogP contribution < -0.4 is 10.5 Å². The summed E-state index contributed by atoms with van der Waals surface area (Å²) in [6.07, 6.45) is 6.47. The van der Waals surface area contributed by atoms with Crippen molar-refractivity contribution in [3.05, 3.63) is 29.3 Å². The van der Waals surface area contributed by atoms with Gasteiger partial charge in [-0.2, -0.15) is 0 Å². The highest BCUT2D eigenvalue weighted by Crippen LogP contribution is 2.51. The fourth-order valence-corrected chi connectivity index (χ4v) is 3.71. The smallest absolute Gasteiger partial charge is 0.123 e. The molecule has 0 amide bonds. The van der Waals surface area contributed by atoms with Gasteiger partial charge in [-0.1, -0.05) is 18.6 Å². The molecule has 1 heterocycles. The monoisotopic (exact) mass is 288 g/mol. The third-order valence-corrected chi connectivity index (χ3v) is 5.36. The van der Waals surface area contributed by atoms with Gasteiger partial charge < -0.3 is 10.5 Å². The van der Waals surface area contributed by atoms with E-state index in [0.29, 0.717) is 0 Å². The van der Waals surface area contributed by atoms with Gasteiger partial charge in [0.25, 0.3) is 0 Å². The van der Waals surface area contributed by atoms with E-state index in [9.17, 15) is 0 Å². The second-order valence-electron chi connectivity index (χ2n) is 6.81. The molecule has 1 aromatic rings. The van der Waals surface area contributed by atoms with Crippen LogP contribution in [0.4, 0.5) is 0 Å². The van der Waals surface area contributed by atoms with Crippen LogP contribution >= 0.6 is 0 Å². The maximum absolute atomic E-state index is 6.23. The van der Waals surface area contributed by atoms with Crippen molar-refractivity contribution in [3.63, 3.8) is 0 Å². The molecular formula is C18H28N2O. The quantitative estimate of drug-likeness (QED) is 0.905. The minimum atomic E-state index is 0.225. The van der Waals surface area contributed by atoms with Crippen LogP contribution in [0.25, 0.3) is 0 Å². The van der Waals surface area contributed by atoms with Gasteiger partial charge in [0.2, 0.25) is 0 Å². The van der Waals surface area contributed by atoms with Gasteiger partial charge >= 0.3 is 0 Å². The summed E-state index contributed by atoms with van der Waals surface area (Å²) in [5.41, 5.74) is 9.18. The van der Waals surface area contributed by atoms with Gasteiger partial charge in [-0.3, -0.25) is 4.90 Å². The number of rotatable bonds is 5. The normalized spacial score (nSPS) is 22.8. The van der Waals surface area contributed by atoms with E-state index < -0.39 is 0 Å². The van der Waals surface area contributed by atoms with Crippen molar-refractivity contribution in [2.75, 3.05) is 20.2 Å². The summed E-state index contributed by atoms with van der Waals surface area (Å²) in [6.45, 7) is 5.57. The summed E-state index contributed by atoms with van der Waals surface area (Å²) in [5, 5.41) is 0. The summed E-state index contributed by atoms with van der Waals surface area (Å²) in [7, 11) is 1.77. The summed E-state index contributed by atoms with van der Waals surface area (Å²) < 4.78 is 5.58. The van der Waals surface area contributed by atoms with Gasteiger partial charge in [0.1, 0.15) is 5.75 Å². The van der Waals surface area contributed by atoms with E-state index in [1.165, 1.54) is 56.3 Å². The molecular weight excluding hydrogens is 260 g/mol. The first-order valence-corrected chi connectivity index (χ1v) is 8.31. The van der Waals surface area contributed by atoms with Gasteiger partial charge in [-0.25, -0.2) is 0 Å². The van der Waals surface area contributed by atoms with Gasteiger partial charge in [0, 0.05) is 23.6 Å². The van der Waals surface area contributed by atoms with Crippen LogP contribution in [0.2, 0.25) is 0 Å². The van der Waals surface area contributed by atoms with Crippen molar-refractivity contribution < 1.29 is 4.74 Å². The number of hydrogen-bond acceptors (Lipinski definition) is 3. The van der Waals surface area contributed by atoms with Gasteiger partial charge in [-0.15, -0.1) is 0 Å². The molecule has 1 saturated heterocycles. The first-order valence-electron chi connectivity index (χ1n) is 8.31.